The van der Waals surface area contributed by atoms with Gasteiger partial charge in [-0.1, -0.05) is 64.0 Å². The summed E-state index contributed by atoms with van der Waals surface area (Å²) in [5.74, 6) is 0.620. The molecular weight excluding hydrogens is 444 g/mol. The Bertz CT molecular complexity index is 733. The molecule has 2 atom stereocenters. The van der Waals surface area contributed by atoms with E-state index in [4.69, 9.17) is 9.47 Å². The van der Waals surface area contributed by atoms with Gasteiger partial charge in [0, 0.05) is 25.6 Å². The van der Waals surface area contributed by atoms with Gasteiger partial charge < -0.3 is 24.8 Å². The number of benzene rings is 1. The topological polar surface area (TPSA) is 88.1 Å². The lowest BCUT2D eigenvalue weighted by Gasteiger charge is -2.26. The molecule has 1 aliphatic carbocycles. The van der Waals surface area contributed by atoms with E-state index in [1.807, 2.05) is 36.1 Å². The summed E-state index contributed by atoms with van der Waals surface area (Å²) in [6.07, 6.45) is 10.7. The fourth-order valence-corrected chi connectivity index (χ4v) is 4.56. The average molecular weight is 491 g/mol. The Balaban J connectivity index is 1.81. The minimum Gasteiger partial charge on any atom is -0.492 e. The molecule has 1 aromatic rings. The number of rotatable bonds is 16. The Hall–Kier alpha value is -2.28. The maximum absolute atomic E-state index is 12.8. The molecule has 2 amide bonds. The third-order valence-corrected chi connectivity index (χ3v) is 6.90. The molecule has 0 bridgehead atoms. The predicted molar refractivity (Wildman–Crippen MR) is 139 cm³/mol. The first kappa shape index (κ1) is 29.0. The molecule has 1 aliphatic rings. The van der Waals surface area contributed by atoms with Crippen LogP contribution >= 0.6 is 0 Å². The van der Waals surface area contributed by atoms with Gasteiger partial charge in [-0.2, -0.15) is 0 Å². The van der Waals surface area contributed by atoms with Crippen LogP contribution in [0.1, 0.15) is 84.1 Å². The summed E-state index contributed by atoms with van der Waals surface area (Å²) in [5.41, 5.74) is 0.880. The lowest BCUT2D eigenvalue weighted by Crippen LogP contribution is -2.45. The molecule has 35 heavy (non-hydrogen) atoms. The molecule has 198 valence electrons. The predicted octanol–water partition coefficient (Wildman–Crippen LogP) is 5.66. The van der Waals surface area contributed by atoms with E-state index in [2.05, 4.69) is 12.2 Å². The van der Waals surface area contributed by atoms with Crippen molar-refractivity contribution >= 4 is 12.0 Å². The monoisotopic (exact) mass is 490 g/mol. The van der Waals surface area contributed by atoms with Crippen molar-refractivity contribution in [2.75, 3.05) is 26.3 Å². The van der Waals surface area contributed by atoms with Gasteiger partial charge in [-0.05, 0) is 50.3 Å². The molecule has 0 radical (unpaired) electrons. The van der Waals surface area contributed by atoms with Crippen molar-refractivity contribution in [2.24, 2.45) is 5.92 Å². The van der Waals surface area contributed by atoms with Crippen molar-refractivity contribution in [1.82, 2.24) is 10.2 Å². The third kappa shape index (κ3) is 11.3. The summed E-state index contributed by atoms with van der Waals surface area (Å²) in [6, 6.07) is 7.53. The van der Waals surface area contributed by atoms with Gasteiger partial charge in [0.25, 0.3) is 0 Å². The molecule has 0 aromatic heterocycles. The highest BCUT2D eigenvalue weighted by atomic mass is 16.5. The van der Waals surface area contributed by atoms with Crippen molar-refractivity contribution < 1.29 is 24.2 Å². The maximum Gasteiger partial charge on any atom is 0.333 e. The summed E-state index contributed by atoms with van der Waals surface area (Å²) >= 11 is 0. The Morgan fingerprint density at radius 3 is 2.43 bits per heavy atom. The van der Waals surface area contributed by atoms with E-state index in [1.165, 1.54) is 44.9 Å². The molecule has 2 N–H and O–H groups in total. The number of carboxylic acids is 1. The second-order valence-electron chi connectivity index (χ2n) is 9.72. The van der Waals surface area contributed by atoms with Crippen LogP contribution in [0.25, 0.3) is 0 Å². The van der Waals surface area contributed by atoms with Crippen molar-refractivity contribution in [3.05, 3.63) is 29.8 Å². The van der Waals surface area contributed by atoms with Gasteiger partial charge >= 0.3 is 12.0 Å². The molecule has 0 saturated heterocycles. The van der Waals surface area contributed by atoms with Crippen molar-refractivity contribution in [3.8, 4) is 5.75 Å². The standard InChI is InChI=1S/C28H46N2O5/c1-4-22(3)29-28(33)30(18-10-9-13-23-11-7-6-8-12-23)19-20-35-25-16-14-24(15-17-25)21-26(27(31)32)34-5-2/h14-17,22-23,26H,4-13,18-21H2,1-3H3,(H,29,33)(H,31,32). The van der Waals surface area contributed by atoms with Crippen LogP contribution in [-0.4, -0.2) is 60.5 Å². The highest BCUT2D eigenvalue weighted by Crippen LogP contribution is 2.27. The van der Waals surface area contributed by atoms with E-state index < -0.39 is 12.1 Å². The van der Waals surface area contributed by atoms with Crippen LogP contribution in [0, 0.1) is 5.92 Å². The van der Waals surface area contributed by atoms with Gasteiger partial charge in [0.1, 0.15) is 12.4 Å². The smallest absolute Gasteiger partial charge is 0.333 e. The van der Waals surface area contributed by atoms with Crippen LogP contribution in [0.2, 0.25) is 0 Å². The van der Waals surface area contributed by atoms with Crippen LogP contribution in [0.4, 0.5) is 4.79 Å². The third-order valence-electron chi connectivity index (χ3n) is 6.90. The van der Waals surface area contributed by atoms with E-state index in [0.29, 0.717) is 31.9 Å². The fourth-order valence-electron chi connectivity index (χ4n) is 4.56. The van der Waals surface area contributed by atoms with E-state index in [1.54, 1.807) is 6.92 Å². The summed E-state index contributed by atoms with van der Waals surface area (Å²) in [6.45, 7) is 7.92. The number of amides is 2. The van der Waals surface area contributed by atoms with Gasteiger partial charge in [-0.15, -0.1) is 0 Å². The van der Waals surface area contributed by atoms with E-state index in [0.717, 1.165) is 30.9 Å². The summed E-state index contributed by atoms with van der Waals surface area (Å²) in [5, 5.41) is 12.3. The number of nitrogens with zero attached hydrogens (tertiary/aromatic N) is 1. The molecule has 2 rings (SSSR count). The number of carboxylic acid groups (broad SMARTS) is 1. The second-order valence-corrected chi connectivity index (χ2v) is 9.72. The van der Waals surface area contributed by atoms with Crippen molar-refractivity contribution in [3.63, 3.8) is 0 Å². The van der Waals surface area contributed by atoms with Crippen molar-refractivity contribution in [2.45, 2.75) is 97.1 Å². The second kappa shape index (κ2) is 16.4. The Morgan fingerprint density at radius 2 is 1.80 bits per heavy atom. The first-order valence-corrected chi connectivity index (χ1v) is 13.5. The Labute approximate surface area is 211 Å². The molecule has 0 aliphatic heterocycles. The number of nitrogens with one attached hydrogen (secondary N) is 1. The number of carbonyl (C=O) groups excluding carboxylic acids is 1. The van der Waals surface area contributed by atoms with E-state index in [9.17, 15) is 14.7 Å². The lowest BCUT2D eigenvalue weighted by atomic mass is 9.86. The molecule has 7 heteroatoms. The van der Waals surface area contributed by atoms with Crippen LogP contribution in [-0.2, 0) is 16.0 Å². The lowest BCUT2D eigenvalue weighted by molar-refractivity contribution is -0.149. The van der Waals surface area contributed by atoms with Gasteiger partial charge in [0.05, 0.1) is 6.54 Å². The fraction of sp³-hybridized carbons (Fsp3) is 0.714. The van der Waals surface area contributed by atoms with Gasteiger partial charge in [-0.3, -0.25) is 0 Å². The normalized spacial score (nSPS) is 15.9. The highest BCUT2D eigenvalue weighted by molar-refractivity contribution is 5.74. The number of unbranched alkanes of at least 4 members (excludes halogenated alkanes) is 1. The van der Waals surface area contributed by atoms with E-state index >= 15 is 0 Å². The Morgan fingerprint density at radius 1 is 1.09 bits per heavy atom. The highest BCUT2D eigenvalue weighted by Gasteiger charge is 2.19. The minimum absolute atomic E-state index is 0.0217. The van der Waals surface area contributed by atoms with E-state index in [-0.39, 0.29) is 12.1 Å². The molecule has 7 nitrogen and oxygen atoms in total. The molecule has 0 spiro atoms. The van der Waals surface area contributed by atoms with Crippen LogP contribution < -0.4 is 10.1 Å². The largest absolute Gasteiger partial charge is 0.492 e. The first-order valence-electron chi connectivity index (χ1n) is 13.5. The zero-order valence-electron chi connectivity index (χ0n) is 22.0. The zero-order valence-corrected chi connectivity index (χ0v) is 22.0. The number of ether oxygens (including phenoxy) is 2. The quantitative estimate of drug-likeness (QED) is 0.292. The summed E-state index contributed by atoms with van der Waals surface area (Å²) in [4.78, 5) is 26.0. The van der Waals surface area contributed by atoms with Gasteiger partial charge in [0.15, 0.2) is 6.10 Å². The summed E-state index contributed by atoms with van der Waals surface area (Å²) in [7, 11) is 0. The number of urea groups is 1. The molecule has 1 saturated carbocycles. The number of aliphatic carboxylic acids is 1. The maximum atomic E-state index is 12.8. The number of carbonyl (C=O) groups is 2. The molecule has 0 heterocycles. The molecular formula is C28H46N2O5. The zero-order chi connectivity index (χ0) is 25.5. The average Bonchev–Trinajstić information content (AvgIpc) is 2.86. The number of hydrogen-bond acceptors (Lipinski definition) is 4. The molecule has 1 fully saturated rings. The van der Waals surface area contributed by atoms with Crippen LogP contribution in [0.5, 0.6) is 5.75 Å². The van der Waals surface area contributed by atoms with Crippen LogP contribution in [0.3, 0.4) is 0 Å². The minimum atomic E-state index is -0.957. The first-order chi connectivity index (χ1) is 16.9. The van der Waals surface area contributed by atoms with Gasteiger partial charge in [0.2, 0.25) is 0 Å². The Kier molecular flexibility index (Phi) is 13.6. The number of hydrogen-bond donors (Lipinski definition) is 2. The molecule has 2 unspecified atom stereocenters. The molecule has 1 aromatic carbocycles. The van der Waals surface area contributed by atoms with Crippen LogP contribution in [0.15, 0.2) is 24.3 Å². The SMILES string of the molecule is CCOC(Cc1ccc(OCCN(CCCCC2CCCCC2)C(=O)NC(C)CC)cc1)C(=O)O. The van der Waals surface area contributed by atoms with Gasteiger partial charge in [-0.25, -0.2) is 9.59 Å². The summed E-state index contributed by atoms with van der Waals surface area (Å²) < 4.78 is 11.2. The van der Waals surface area contributed by atoms with Crippen molar-refractivity contribution in [1.29, 1.82) is 0 Å².